The summed E-state index contributed by atoms with van der Waals surface area (Å²) in [6.45, 7) is 2.26. The Kier molecular flexibility index (Phi) is 8.82. The van der Waals surface area contributed by atoms with Crippen molar-refractivity contribution >= 4 is 23.8 Å². The standard InChI is InChI=1S/C30H37N3O3/c1-3-4-5-6-7-8-9-10-11-12-23-14-15-24(31-23)19-28-29(36-2)20-27(33-28)26-18-22-17-21(30(34)35)13-16-25(22)32-26/h13-20,31,33H,3-12H2,1-2H3,(H,34,35). The van der Waals surface area contributed by atoms with Gasteiger partial charge >= 0.3 is 5.97 Å². The molecule has 0 saturated heterocycles. The highest BCUT2D eigenvalue weighted by Crippen LogP contribution is 2.13. The lowest BCUT2D eigenvalue weighted by Gasteiger charge is -2.01. The fourth-order valence-corrected chi connectivity index (χ4v) is 4.69. The minimum Gasteiger partial charge on any atom is -0.494 e. The average Bonchev–Trinajstić information content (AvgIpc) is 3.60. The third-order valence-corrected chi connectivity index (χ3v) is 6.73. The van der Waals surface area contributed by atoms with Gasteiger partial charge in [-0.25, -0.2) is 9.79 Å². The quantitative estimate of drug-likeness (QED) is 0.316. The summed E-state index contributed by atoms with van der Waals surface area (Å²) in [5, 5.41) is 12.5. The molecule has 190 valence electrons. The third kappa shape index (κ3) is 6.56. The number of hydrogen-bond acceptors (Lipinski definition) is 3. The largest absolute Gasteiger partial charge is 0.494 e. The minimum atomic E-state index is -0.943. The summed E-state index contributed by atoms with van der Waals surface area (Å²) in [7, 11) is 1.66. The maximum atomic E-state index is 11.3. The molecule has 1 aliphatic rings. The van der Waals surface area contributed by atoms with Crippen molar-refractivity contribution in [3.8, 4) is 5.75 Å². The van der Waals surface area contributed by atoms with Crippen molar-refractivity contribution in [3.63, 3.8) is 0 Å². The van der Waals surface area contributed by atoms with E-state index in [0.717, 1.165) is 44.8 Å². The van der Waals surface area contributed by atoms with E-state index in [-0.39, 0.29) is 5.56 Å². The molecule has 6 heteroatoms. The van der Waals surface area contributed by atoms with Crippen LogP contribution in [0.4, 0.5) is 0 Å². The Morgan fingerprint density at radius 2 is 1.72 bits per heavy atom. The highest BCUT2D eigenvalue weighted by Gasteiger charge is 2.09. The zero-order chi connectivity index (χ0) is 25.3. The molecule has 1 aromatic carbocycles. The molecule has 3 heterocycles. The highest BCUT2D eigenvalue weighted by atomic mass is 16.5. The molecule has 0 bridgehead atoms. The van der Waals surface area contributed by atoms with Gasteiger partial charge in [0.2, 0.25) is 0 Å². The molecule has 0 saturated carbocycles. The zero-order valence-electron chi connectivity index (χ0n) is 21.4. The molecule has 3 N–H and O–H groups in total. The van der Waals surface area contributed by atoms with Gasteiger partial charge in [0.15, 0.2) is 0 Å². The molecule has 6 nitrogen and oxygen atoms in total. The summed E-state index contributed by atoms with van der Waals surface area (Å²) in [6.07, 6.45) is 17.0. The minimum absolute atomic E-state index is 0.254. The third-order valence-electron chi connectivity index (χ3n) is 6.73. The summed E-state index contributed by atoms with van der Waals surface area (Å²) in [4.78, 5) is 22.9. The molecule has 2 aromatic heterocycles. The van der Waals surface area contributed by atoms with Crippen LogP contribution in [0.3, 0.4) is 0 Å². The SMILES string of the molecule is CCCCCCCCCCCc1ccc(C=c2[nH]c(=C3C=c4cc(C(=O)O)ccc4=N3)cc2OC)[nH]1. The average molecular weight is 488 g/mol. The van der Waals surface area contributed by atoms with Crippen LogP contribution in [0.1, 0.15) is 86.5 Å². The van der Waals surface area contributed by atoms with Crippen LogP contribution in [0.2, 0.25) is 0 Å². The van der Waals surface area contributed by atoms with Crippen LogP contribution in [-0.4, -0.2) is 28.2 Å². The summed E-state index contributed by atoms with van der Waals surface area (Å²) in [6, 6.07) is 11.2. The van der Waals surface area contributed by atoms with E-state index in [1.807, 2.05) is 18.2 Å². The number of carbonyl (C=O) groups is 1. The Balaban J connectivity index is 1.41. The number of ether oxygens (including phenoxy) is 1. The van der Waals surface area contributed by atoms with Crippen LogP contribution in [0.15, 0.2) is 41.4 Å². The normalized spacial score (nSPS) is 14.4. The van der Waals surface area contributed by atoms with Gasteiger partial charge < -0.3 is 19.8 Å². The first kappa shape index (κ1) is 25.5. The maximum Gasteiger partial charge on any atom is 0.335 e. The Morgan fingerprint density at radius 1 is 0.972 bits per heavy atom. The summed E-state index contributed by atoms with van der Waals surface area (Å²) < 4.78 is 5.60. The number of rotatable bonds is 13. The van der Waals surface area contributed by atoms with Crippen molar-refractivity contribution in [3.05, 3.63) is 74.6 Å². The molecule has 0 radical (unpaired) electrons. The number of aryl methyl sites for hydroxylation is 1. The van der Waals surface area contributed by atoms with Gasteiger partial charge in [-0.05, 0) is 55.3 Å². The van der Waals surface area contributed by atoms with E-state index < -0.39 is 5.97 Å². The molecule has 0 unspecified atom stereocenters. The van der Waals surface area contributed by atoms with Gasteiger partial charge in [-0.3, -0.25) is 0 Å². The molecule has 0 fully saturated rings. The first-order valence-corrected chi connectivity index (χ1v) is 13.2. The van der Waals surface area contributed by atoms with E-state index in [1.165, 1.54) is 63.5 Å². The van der Waals surface area contributed by atoms with E-state index in [2.05, 4.69) is 34.0 Å². The summed E-state index contributed by atoms with van der Waals surface area (Å²) >= 11 is 0. The topological polar surface area (TPSA) is 90.5 Å². The molecular formula is C30H37N3O3. The molecular weight excluding hydrogens is 450 g/mol. The molecule has 0 spiro atoms. The number of unbranched alkanes of at least 4 members (excludes halogenated alkanes) is 8. The lowest BCUT2D eigenvalue weighted by molar-refractivity contribution is 0.0696. The van der Waals surface area contributed by atoms with E-state index in [9.17, 15) is 9.90 Å². The first-order valence-electron chi connectivity index (χ1n) is 13.2. The number of H-pyrrole nitrogens is 2. The number of aromatic carboxylic acids is 1. The molecule has 0 aliphatic carbocycles. The molecule has 3 aromatic rings. The summed E-state index contributed by atoms with van der Waals surface area (Å²) in [5.41, 5.74) is 3.29. The number of carboxylic acid groups (broad SMARTS) is 1. The van der Waals surface area contributed by atoms with Gasteiger partial charge in [-0.1, -0.05) is 58.3 Å². The van der Waals surface area contributed by atoms with Crippen molar-refractivity contribution < 1.29 is 14.6 Å². The Labute approximate surface area is 212 Å². The Morgan fingerprint density at radius 3 is 2.44 bits per heavy atom. The second kappa shape index (κ2) is 12.4. The second-order valence-electron chi connectivity index (χ2n) is 9.55. The number of aromatic amines is 2. The molecule has 0 atom stereocenters. The number of methoxy groups -OCH3 is 1. The van der Waals surface area contributed by atoms with Crippen LogP contribution in [0, 0.1) is 0 Å². The predicted molar refractivity (Wildman–Crippen MR) is 144 cm³/mol. The van der Waals surface area contributed by atoms with Gasteiger partial charge in [0.1, 0.15) is 5.75 Å². The maximum absolute atomic E-state index is 11.3. The van der Waals surface area contributed by atoms with Crippen molar-refractivity contribution in [2.24, 2.45) is 4.99 Å². The zero-order valence-corrected chi connectivity index (χ0v) is 21.4. The number of hydrogen-bond donors (Lipinski definition) is 3. The number of aromatic nitrogens is 2. The highest BCUT2D eigenvalue weighted by molar-refractivity contribution is 5.88. The number of nitrogens with zero attached hydrogens (tertiary/aromatic N) is 1. The van der Waals surface area contributed by atoms with Crippen molar-refractivity contribution in [2.75, 3.05) is 7.11 Å². The number of nitrogens with one attached hydrogen (secondary N) is 2. The van der Waals surface area contributed by atoms with E-state index in [4.69, 9.17) is 4.74 Å². The fourth-order valence-electron chi connectivity index (χ4n) is 4.69. The van der Waals surface area contributed by atoms with Gasteiger partial charge in [-0.15, -0.1) is 0 Å². The van der Waals surface area contributed by atoms with E-state index >= 15 is 0 Å². The van der Waals surface area contributed by atoms with Gasteiger partial charge in [0.25, 0.3) is 0 Å². The lowest BCUT2D eigenvalue weighted by Crippen LogP contribution is -2.22. The van der Waals surface area contributed by atoms with Gasteiger partial charge in [0.05, 0.1) is 34.4 Å². The van der Waals surface area contributed by atoms with Crippen LogP contribution >= 0.6 is 0 Å². The lowest BCUT2D eigenvalue weighted by atomic mass is 10.1. The van der Waals surface area contributed by atoms with Crippen molar-refractivity contribution in [1.29, 1.82) is 0 Å². The van der Waals surface area contributed by atoms with Crippen LogP contribution in [-0.2, 0) is 6.42 Å². The number of benzene rings is 1. The molecule has 4 rings (SSSR count). The second-order valence-corrected chi connectivity index (χ2v) is 9.55. The summed E-state index contributed by atoms with van der Waals surface area (Å²) in [5.74, 6) is -0.209. The van der Waals surface area contributed by atoms with Crippen LogP contribution < -0.4 is 26.0 Å². The van der Waals surface area contributed by atoms with Gasteiger partial charge in [-0.2, -0.15) is 0 Å². The first-order chi connectivity index (χ1) is 17.6. The van der Waals surface area contributed by atoms with Crippen LogP contribution in [0.25, 0.3) is 17.8 Å². The van der Waals surface area contributed by atoms with Gasteiger partial charge in [0, 0.05) is 22.7 Å². The Hall–Kier alpha value is -3.54. The Bertz CT molecular complexity index is 1430. The predicted octanol–water partition coefficient (Wildman–Crippen LogP) is 4.17. The van der Waals surface area contributed by atoms with Crippen molar-refractivity contribution in [1.82, 2.24) is 9.97 Å². The molecule has 0 amide bonds. The van der Waals surface area contributed by atoms with E-state index in [1.54, 1.807) is 25.3 Å². The monoisotopic (exact) mass is 487 g/mol. The smallest absolute Gasteiger partial charge is 0.335 e. The van der Waals surface area contributed by atoms with Crippen LogP contribution in [0.5, 0.6) is 5.75 Å². The number of fused-ring (bicyclic) bond motifs is 1. The fraction of sp³-hybridized carbons (Fsp3) is 0.400. The van der Waals surface area contributed by atoms with E-state index in [0.29, 0.717) is 0 Å². The number of carboxylic acids is 1. The van der Waals surface area contributed by atoms with Crippen molar-refractivity contribution in [2.45, 2.75) is 71.1 Å². The molecule has 1 aliphatic heterocycles. The molecule has 36 heavy (non-hydrogen) atoms.